The predicted octanol–water partition coefficient (Wildman–Crippen LogP) is 0.684. The second kappa shape index (κ2) is 4.10. The number of hydrogen-bond donors (Lipinski definition) is 2. The van der Waals surface area contributed by atoms with Gasteiger partial charge in [0.25, 0.3) is 5.91 Å². The number of aliphatic hydroxyl groups excluding tert-OH is 1. The third-order valence-electron chi connectivity index (χ3n) is 3.45. The quantitative estimate of drug-likeness (QED) is 0.835. The minimum atomic E-state index is -0.159. The first-order valence-electron chi connectivity index (χ1n) is 6.04. The molecule has 1 aromatic heterocycles. The second-order valence-electron chi connectivity index (χ2n) is 4.75. The van der Waals surface area contributed by atoms with Crippen LogP contribution in [0, 0.1) is 5.92 Å². The predicted molar refractivity (Wildman–Crippen MR) is 67.2 cm³/mol. The van der Waals surface area contributed by atoms with Crippen molar-refractivity contribution in [3.63, 3.8) is 0 Å². The van der Waals surface area contributed by atoms with Crippen LogP contribution >= 0.6 is 0 Å². The van der Waals surface area contributed by atoms with Crippen LogP contribution in [0.3, 0.4) is 0 Å². The van der Waals surface area contributed by atoms with Crippen molar-refractivity contribution in [1.82, 2.24) is 15.1 Å². The van der Waals surface area contributed by atoms with Crippen LogP contribution in [-0.4, -0.2) is 33.4 Å². The molecule has 1 aromatic carbocycles. The van der Waals surface area contributed by atoms with Crippen LogP contribution in [0.25, 0.3) is 10.9 Å². The summed E-state index contributed by atoms with van der Waals surface area (Å²) in [6.45, 7) is 0.133. The van der Waals surface area contributed by atoms with Crippen molar-refractivity contribution in [1.29, 1.82) is 0 Å². The van der Waals surface area contributed by atoms with Crippen LogP contribution in [0.15, 0.2) is 24.3 Å². The van der Waals surface area contributed by atoms with E-state index in [9.17, 15) is 4.79 Å². The molecular formula is C13H15N3O2. The maximum atomic E-state index is 12.1. The molecule has 2 atom stereocenters. The summed E-state index contributed by atoms with van der Waals surface area (Å²) in [5, 5.41) is 17.0. The lowest BCUT2D eigenvalue weighted by Crippen LogP contribution is -2.28. The molecule has 1 fully saturated rings. The molecule has 0 radical (unpaired) electrons. The number of carbonyl (C=O) groups is 1. The number of benzene rings is 1. The van der Waals surface area contributed by atoms with Gasteiger partial charge in [-0.2, -0.15) is 5.10 Å². The van der Waals surface area contributed by atoms with Crippen molar-refractivity contribution in [3.05, 3.63) is 30.0 Å². The minimum absolute atomic E-state index is 0.100. The van der Waals surface area contributed by atoms with E-state index in [4.69, 9.17) is 5.11 Å². The highest BCUT2D eigenvalue weighted by Crippen LogP contribution is 2.30. The lowest BCUT2D eigenvalue weighted by molar-refractivity contribution is 0.0943. The Morgan fingerprint density at radius 1 is 1.56 bits per heavy atom. The third kappa shape index (κ3) is 1.76. The molecule has 1 aliphatic carbocycles. The molecule has 1 amide bonds. The lowest BCUT2D eigenvalue weighted by atomic mass is 10.2. The fourth-order valence-electron chi connectivity index (χ4n) is 2.24. The van der Waals surface area contributed by atoms with Crippen LogP contribution < -0.4 is 5.32 Å². The SMILES string of the molecule is Cn1nc(C(=O)N[C@H]2C[C@H]2CO)c2ccccc21. The van der Waals surface area contributed by atoms with Crippen molar-refractivity contribution in [2.24, 2.45) is 13.0 Å². The number of aliphatic hydroxyl groups is 1. The normalized spacial score (nSPS) is 22.1. The molecule has 5 nitrogen and oxygen atoms in total. The molecule has 2 aromatic rings. The monoisotopic (exact) mass is 245 g/mol. The number of fused-ring (bicyclic) bond motifs is 1. The first-order valence-corrected chi connectivity index (χ1v) is 6.04. The van der Waals surface area contributed by atoms with Crippen LogP contribution in [0.1, 0.15) is 16.9 Å². The number of rotatable bonds is 3. The molecule has 0 unspecified atom stereocenters. The summed E-state index contributed by atoms with van der Waals surface area (Å²) in [7, 11) is 1.83. The van der Waals surface area contributed by atoms with E-state index in [0.29, 0.717) is 5.69 Å². The zero-order valence-electron chi connectivity index (χ0n) is 10.1. The topological polar surface area (TPSA) is 67.2 Å². The minimum Gasteiger partial charge on any atom is -0.396 e. The van der Waals surface area contributed by atoms with Crippen LogP contribution in [0.5, 0.6) is 0 Å². The average molecular weight is 245 g/mol. The smallest absolute Gasteiger partial charge is 0.272 e. The number of aryl methyl sites for hydroxylation is 1. The average Bonchev–Trinajstić information content (AvgIpc) is 3.05. The zero-order valence-corrected chi connectivity index (χ0v) is 10.1. The van der Waals surface area contributed by atoms with E-state index in [2.05, 4.69) is 10.4 Å². The zero-order chi connectivity index (χ0) is 12.7. The van der Waals surface area contributed by atoms with Gasteiger partial charge in [-0.05, 0) is 12.5 Å². The second-order valence-corrected chi connectivity index (χ2v) is 4.75. The number of carbonyl (C=O) groups excluding carboxylic acids is 1. The molecular weight excluding hydrogens is 230 g/mol. The number of hydrogen-bond acceptors (Lipinski definition) is 3. The Kier molecular flexibility index (Phi) is 2.56. The van der Waals surface area contributed by atoms with Crippen molar-refractivity contribution in [2.45, 2.75) is 12.5 Å². The molecule has 0 spiro atoms. The Morgan fingerprint density at radius 3 is 3.06 bits per heavy atom. The first kappa shape index (κ1) is 11.2. The summed E-state index contributed by atoms with van der Waals surface area (Å²) in [5.41, 5.74) is 1.40. The largest absolute Gasteiger partial charge is 0.396 e. The van der Waals surface area contributed by atoms with E-state index in [0.717, 1.165) is 17.3 Å². The van der Waals surface area contributed by atoms with E-state index in [1.54, 1.807) is 4.68 Å². The summed E-state index contributed by atoms with van der Waals surface area (Å²) < 4.78 is 1.71. The molecule has 18 heavy (non-hydrogen) atoms. The van der Waals surface area contributed by atoms with Gasteiger partial charge in [0.2, 0.25) is 0 Å². The highest BCUT2D eigenvalue weighted by Gasteiger charge is 2.38. The summed E-state index contributed by atoms with van der Waals surface area (Å²) in [5.74, 6) is 0.0525. The molecule has 0 aliphatic heterocycles. The number of amides is 1. The van der Waals surface area contributed by atoms with E-state index in [1.165, 1.54) is 0 Å². The van der Waals surface area contributed by atoms with E-state index in [1.807, 2.05) is 31.3 Å². The van der Waals surface area contributed by atoms with Gasteiger partial charge in [-0.15, -0.1) is 0 Å². The van der Waals surface area contributed by atoms with Crippen LogP contribution in [0.4, 0.5) is 0 Å². The van der Waals surface area contributed by atoms with Gasteiger partial charge in [-0.3, -0.25) is 9.48 Å². The summed E-state index contributed by atoms with van der Waals surface area (Å²) >= 11 is 0. The molecule has 1 heterocycles. The van der Waals surface area contributed by atoms with Crippen LogP contribution in [0.2, 0.25) is 0 Å². The van der Waals surface area contributed by atoms with E-state index < -0.39 is 0 Å². The van der Waals surface area contributed by atoms with Gasteiger partial charge in [-0.25, -0.2) is 0 Å². The molecule has 1 saturated carbocycles. The standard InChI is InChI=1S/C13H15N3O2/c1-16-11-5-3-2-4-9(11)12(15-16)13(18)14-10-6-8(10)7-17/h2-5,8,10,17H,6-7H2,1H3,(H,14,18)/t8-,10-/m0/s1. The molecule has 2 N–H and O–H groups in total. The molecule has 5 heteroatoms. The van der Waals surface area contributed by atoms with Gasteiger partial charge in [0.15, 0.2) is 5.69 Å². The van der Waals surface area contributed by atoms with Crippen molar-refractivity contribution in [2.75, 3.05) is 6.61 Å². The Labute approximate surface area is 104 Å². The van der Waals surface area contributed by atoms with Gasteiger partial charge in [0.1, 0.15) is 0 Å². The fourth-order valence-corrected chi connectivity index (χ4v) is 2.24. The summed E-state index contributed by atoms with van der Waals surface area (Å²) in [6, 6.07) is 7.76. The highest BCUT2D eigenvalue weighted by atomic mass is 16.3. The summed E-state index contributed by atoms with van der Waals surface area (Å²) in [6.07, 6.45) is 0.854. The van der Waals surface area contributed by atoms with E-state index in [-0.39, 0.29) is 24.5 Å². The van der Waals surface area contributed by atoms with Crippen molar-refractivity contribution < 1.29 is 9.90 Å². The lowest BCUT2D eigenvalue weighted by Gasteiger charge is -2.01. The van der Waals surface area contributed by atoms with Gasteiger partial charge in [-0.1, -0.05) is 18.2 Å². The van der Waals surface area contributed by atoms with Crippen LogP contribution in [-0.2, 0) is 7.05 Å². The molecule has 0 saturated heterocycles. The number of para-hydroxylation sites is 1. The third-order valence-corrected chi connectivity index (χ3v) is 3.45. The summed E-state index contributed by atoms with van der Waals surface area (Å²) in [4.78, 5) is 12.1. The fraction of sp³-hybridized carbons (Fsp3) is 0.385. The molecule has 94 valence electrons. The maximum Gasteiger partial charge on any atom is 0.272 e. The molecule has 3 rings (SSSR count). The van der Waals surface area contributed by atoms with Crippen molar-refractivity contribution >= 4 is 16.8 Å². The van der Waals surface area contributed by atoms with Gasteiger partial charge < -0.3 is 10.4 Å². The molecule has 1 aliphatic rings. The van der Waals surface area contributed by atoms with Gasteiger partial charge in [0.05, 0.1) is 5.52 Å². The van der Waals surface area contributed by atoms with Gasteiger partial charge >= 0.3 is 0 Å². The number of nitrogens with one attached hydrogen (secondary N) is 1. The Balaban J connectivity index is 1.88. The Hall–Kier alpha value is -1.88. The van der Waals surface area contributed by atoms with Gasteiger partial charge in [0, 0.05) is 31.0 Å². The van der Waals surface area contributed by atoms with E-state index >= 15 is 0 Å². The number of aromatic nitrogens is 2. The number of nitrogens with zero attached hydrogens (tertiary/aromatic N) is 2. The highest BCUT2D eigenvalue weighted by molar-refractivity contribution is 6.05. The molecule has 0 bridgehead atoms. The maximum absolute atomic E-state index is 12.1. The Bertz CT molecular complexity index is 605. The first-order chi connectivity index (χ1) is 8.70. The van der Waals surface area contributed by atoms with Crippen molar-refractivity contribution in [3.8, 4) is 0 Å². The Morgan fingerprint density at radius 2 is 2.33 bits per heavy atom.